The third-order valence-electron chi connectivity index (χ3n) is 4.92. The van der Waals surface area contributed by atoms with Crippen molar-refractivity contribution < 1.29 is 33.3 Å². The number of hydrogen-bond donors (Lipinski definition) is 0. The Morgan fingerprint density at radius 3 is 2.32 bits per heavy atom. The second-order valence-electron chi connectivity index (χ2n) is 8.18. The molecule has 0 saturated carbocycles. The molecule has 1 aromatic carbocycles. The number of esters is 2. The summed E-state index contributed by atoms with van der Waals surface area (Å²) < 4.78 is 22.4. The maximum atomic E-state index is 12.9. The van der Waals surface area contributed by atoms with Crippen LogP contribution in [0, 0.1) is 11.8 Å². The van der Waals surface area contributed by atoms with Gasteiger partial charge in [0.25, 0.3) is 0 Å². The number of halogens is 1. The Hall–Kier alpha value is -2.94. The van der Waals surface area contributed by atoms with Crippen LogP contribution in [0.3, 0.4) is 0 Å². The molecule has 184 valence electrons. The number of nitrogens with zero attached hydrogens (tertiary/aromatic N) is 1. The molecule has 3 atom stereocenters. The molecule has 0 fully saturated rings. The Morgan fingerprint density at radius 1 is 1.03 bits per heavy atom. The lowest BCUT2D eigenvalue weighted by Gasteiger charge is -2.29. The second-order valence-corrected chi connectivity index (χ2v) is 9.03. The molecule has 0 aliphatic heterocycles. The van der Waals surface area contributed by atoms with Gasteiger partial charge in [-0.3, -0.25) is 14.4 Å². The topological polar surface area (TPSA) is 101 Å². The van der Waals surface area contributed by atoms with Gasteiger partial charge in [0.2, 0.25) is 6.79 Å². The minimum Gasteiger partial charge on any atom is -0.486 e. The van der Waals surface area contributed by atoms with E-state index in [0.29, 0.717) is 10.2 Å². The van der Waals surface area contributed by atoms with Gasteiger partial charge in [0.1, 0.15) is 23.7 Å². The van der Waals surface area contributed by atoms with Crippen molar-refractivity contribution in [2.75, 3.05) is 6.79 Å². The molecule has 8 nitrogen and oxygen atoms in total. The molecule has 34 heavy (non-hydrogen) atoms. The number of para-hydroxylation sites is 1. The van der Waals surface area contributed by atoms with Gasteiger partial charge in [0, 0.05) is 19.5 Å². The SMILES string of the molecule is CC(=O)OCOc1c(Br)ccnc1C(=O)C[C@@H](C)C(=O)O[C@@H](C)[C@H](Oc1ccccc1)C(C)C. The second kappa shape index (κ2) is 13.1. The van der Waals surface area contributed by atoms with E-state index >= 15 is 0 Å². The van der Waals surface area contributed by atoms with E-state index in [1.807, 2.05) is 44.2 Å². The molecule has 0 spiro atoms. The summed E-state index contributed by atoms with van der Waals surface area (Å²) in [5, 5.41) is 0. The third kappa shape index (κ3) is 8.13. The smallest absolute Gasteiger partial charge is 0.309 e. The Labute approximate surface area is 208 Å². The number of carbonyl (C=O) groups is 3. The highest BCUT2D eigenvalue weighted by molar-refractivity contribution is 9.10. The highest BCUT2D eigenvalue weighted by Crippen LogP contribution is 2.29. The molecule has 0 amide bonds. The van der Waals surface area contributed by atoms with Crippen LogP contribution < -0.4 is 9.47 Å². The minimum atomic E-state index is -0.721. The molecular weight excluding hydrogens is 506 g/mol. The highest BCUT2D eigenvalue weighted by Gasteiger charge is 2.30. The first kappa shape index (κ1) is 27.3. The van der Waals surface area contributed by atoms with Crippen molar-refractivity contribution in [3.8, 4) is 11.5 Å². The quantitative estimate of drug-likeness (QED) is 0.213. The first-order chi connectivity index (χ1) is 16.1. The molecule has 0 unspecified atom stereocenters. The van der Waals surface area contributed by atoms with E-state index in [0.717, 1.165) is 0 Å². The van der Waals surface area contributed by atoms with Crippen LogP contribution in [0.4, 0.5) is 0 Å². The summed E-state index contributed by atoms with van der Waals surface area (Å²) in [6, 6.07) is 10.9. The molecule has 2 aromatic rings. The molecule has 2 rings (SSSR count). The molecule has 0 aliphatic carbocycles. The molecule has 9 heteroatoms. The number of benzene rings is 1. The fraction of sp³-hybridized carbons (Fsp3) is 0.440. The zero-order chi connectivity index (χ0) is 25.3. The van der Waals surface area contributed by atoms with E-state index in [9.17, 15) is 14.4 Å². The highest BCUT2D eigenvalue weighted by atomic mass is 79.9. The van der Waals surface area contributed by atoms with Gasteiger partial charge in [0.15, 0.2) is 11.5 Å². The van der Waals surface area contributed by atoms with Crippen LogP contribution in [-0.2, 0) is 19.1 Å². The Bertz CT molecular complexity index is 980. The zero-order valence-corrected chi connectivity index (χ0v) is 21.5. The lowest BCUT2D eigenvalue weighted by atomic mass is 10.0. The number of hydrogen-bond acceptors (Lipinski definition) is 8. The van der Waals surface area contributed by atoms with Gasteiger partial charge in [-0.2, -0.15) is 0 Å². The van der Waals surface area contributed by atoms with Crippen LogP contribution in [0.5, 0.6) is 11.5 Å². The van der Waals surface area contributed by atoms with E-state index in [4.69, 9.17) is 18.9 Å². The summed E-state index contributed by atoms with van der Waals surface area (Å²) >= 11 is 3.30. The number of ether oxygens (including phenoxy) is 4. The van der Waals surface area contributed by atoms with Crippen molar-refractivity contribution in [2.24, 2.45) is 11.8 Å². The van der Waals surface area contributed by atoms with Crippen LogP contribution in [0.1, 0.15) is 51.5 Å². The van der Waals surface area contributed by atoms with Gasteiger partial charge in [-0.1, -0.05) is 39.0 Å². The summed E-state index contributed by atoms with van der Waals surface area (Å²) in [6.45, 7) is 8.25. The molecule has 0 N–H and O–H groups in total. The number of ketones is 1. The van der Waals surface area contributed by atoms with Gasteiger partial charge in [-0.25, -0.2) is 4.98 Å². The van der Waals surface area contributed by atoms with Crippen molar-refractivity contribution in [3.05, 3.63) is 52.8 Å². The normalized spacial score (nSPS) is 13.5. The van der Waals surface area contributed by atoms with Crippen molar-refractivity contribution in [1.29, 1.82) is 0 Å². The predicted molar refractivity (Wildman–Crippen MR) is 129 cm³/mol. The van der Waals surface area contributed by atoms with Crippen LogP contribution in [-0.4, -0.2) is 41.7 Å². The Morgan fingerprint density at radius 2 is 1.71 bits per heavy atom. The molecule has 1 aromatic heterocycles. The van der Waals surface area contributed by atoms with Crippen molar-refractivity contribution in [3.63, 3.8) is 0 Å². The zero-order valence-electron chi connectivity index (χ0n) is 19.9. The number of rotatable bonds is 12. The Kier molecular flexibility index (Phi) is 10.5. The van der Waals surface area contributed by atoms with Crippen LogP contribution >= 0.6 is 15.9 Å². The first-order valence-electron chi connectivity index (χ1n) is 11.0. The summed E-state index contributed by atoms with van der Waals surface area (Å²) in [4.78, 5) is 40.7. The molecule has 0 bridgehead atoms. The lowest BCUT2D eigenvalue weighted by Crippen LogP contribution is -2.38. The fourth-order valence-corrected chi connectivity index (χ4v) is 3.61. The van der Waals surface area contributed by atoms with Crippen molar-refractivity contribution in [1.82, 2.24) is 4.98 Å². The molecule has 1 heterocycles. The third-order valence-corrected chi connectivity index (χ3v) is 5.54. The van der Waals surface area contributed by atoms with Gasteiger partial charge in [-0.15, -0.1) is 0 Å². The summed E-state index contributed by atoms with van der Waals surface area (Å²) in [7, 11) is 0. The Balaban J connectivity index is 2.02. The van der Waals surface area contributed by atoms with Crippen LogP contribution in [0.25, 0.3) is 0 Å². The largest absolute Gasteiger partial charge is 0.486 e. The number of carbonyl (C=O) groups excluding carboxylic acids is 3. The van der Waals surface area contributed by atoms with Gasteiger partial charge < -0.3 is 18.9 Å². The van der Waals surface area contributed by atoms with Gasteiger partial charge in [-0.05, 0) is 47.0 Å². The number of pyridine rings is 1. The van der Waals surface area contributed by atoms with Gasteiger partial charge in [0.05, 0.1) is 10.4 Å². The fourth-order valence-electron chi connectivity index (χ4n) is 3.19. The summed E-state index contributed by atoms with van der Waals surface area (Å²) in [5.41, 5.74) is 0.0293. The molecule has 0 radical (unpaired) electrons. The maximum absolute atomic E-state index is 12.9. The van der Waals surface area contributed by atoms with E-state index < -0.39 is 29.7 Å². The molecule has 0 saturated heterocycles. The lowest BCUT2D eigenvalue weighted by molar-refractivity contribution is -0.158. The van der Waals surface area contributed by atoms with Crippen molar-refractivity contribution >= 4 is 33.7 Å². The average Bonchev–Trinajstić information content (AvgIpc) is 2.78. The van der Waals surface area contributed by atoms with Crippen LogP contribution in [0.2, 0.25) is 0 Å². The number of Topliss-reactive ketones (excluding diaryl/α,β-unsaturated/α-hetero) is 1. The van der Waals surface area contributed by atoms with E-state index in [1.165, 1.54) is 13.1 Å². The van der Waals surface area contributed by atoms with Crippen molar-refractivity contribution in [2.45, 2.75) is 53.2 Å². The molecular formula is C25H30BrNO7. The van der Waals surface area contributed by atoms with Gasteiger partial charge >= 0.3 is 11.9 Å². The minimum absolute atomic E-state index is 0.0293. The van der Waals surface area contributed by atoms with E-state index in [-0.39, 0.29) is 36.7 Å². The van der Waals surface area contributed by atoms with Crippen LogP contribution in [0.15, 0.2) is 47.1 Å². The molecule has 0 aliphatic rings. The van der Waals surface area contributed by atoms with E-state index in [1.54, 1.807) is 19.9 Å². The monoisotopic (exact) mass is 535 g/mol. The average molecular weight is 536 g/mol. The van der Waals surface area contributed by atoms with E-state index in [2.05, 4.69) is 20.9 Å². The standard InChI is InChI=1S/C25H30BrNO7/c1-15(2)23(34-19-9-7-6-8-10-19)17(4)33-25(30)16(3)13-21(29)22-24(20(26)11-12-27-22)32-14-31-18(5)28/h6-12,15-17,23H,13-14H2,1-5H3/t16-,17+,23-/m1/s1. The predicted octanol–water partition coefficient (Wildman–Crippen LogP) is 4.99. The first-order valence-corrected chi connectivity index (χ1v) is 11.8. The summed E-state index contributed by atoms with van der Waals surface area (Å²) in [6.07, 6.45) is 0.416. The maximum Gasteiger partial charge on any atom is 0.309 e. The summed E-state index contributed by atoms with van der Waals surface area (Å²) in [5.74, 6) is -1.25. The number of aromatic nitrogens is 1.